The van der Waals surface area contributed by atoms with E-state index in [9.17, 15) is 0 Å². The number of hydrogen-bond donors (Lipinski definition) is 0. The van der Waals surface area contributed by atoms with Crippen LogP contribution in [0.4, 0.5) is 5.69 Å². The van der Waals surface area contributed by atoms with Gasteiger partial charge in [0.15, 0.2) is 0 Å². The summed E-state index contributed by atoms with van der Waals surface area (Å²) in [6.45, 7) is 0. The van der Waals surface area contributed by atoms with Gasteiger partial charge in [0.1, 0.15) is 0 Å². The molecule has 0 amide bonds. The van der Waals surface area contributed by atoms with Gasteiger partial charge in [-0.1, -0.05) is 24.4 Å². The van der Waals surface area contributed by atoms with Gasteiger partial charge in [-0.25, -0.2) is 0 Å². The van der Waals surface area contributed by atoms with Gasteiger partial charge in [0.25, 0.3) is 0 Å². The van der Waals surface area contributed by atoms with Crippen molar-refractivity contribution in [1.82, 2.24) is 0 Å². The van der Waals surface area contributed by atoms with Crippen LogP contribution in [-0.4, -0.2) is 12.5 Å². The number of anilines is 1. The first-order chi connectivity index (χ1) is 4.84. The molecule has 0 atom stereocenters. The van der Waals surface area contributed by atoms with Crippen molar-refractivity contribution in [1.29, 1.82) is 0 Å². The average molecular weight is 150 g/mol. The predicted octanol–water partition coefficient (Wildman–Crippen LogP) is 1.88. The van der Waals surface area contributed by atoms with Crippen LogP contribution < -0.4 is 4.90 Å². The van der Waals surface area contributed by atoms with Crippen LogP contribution in [0.1, 0.15) is 0 Å². The van der Waals surface area contributed by atoms with E-state index in [1.54, 1.807) is 5.49 Å². The fourth-order valence-electron chi connectivity index (χ4n) is 0.664. The Balaban J connectivity index is 2.84. The topological polar surface area (TPSA) is 3.24 Å². The van der Waals surface area contributed by atoms with E-state index in [0.29, 0.717) is 0 Å². The van der Waals surface area contributed by atoms with E-state index in [1.165, 1.54) is 0 Å². The van der Waals surface area contributed by atoms with Crippen LogP contribution in [-0.2, 0) is 0 Å². The molecule has 2 heteroatoms. The molecule has 0 fully saturated rings. The molecular weight excluding hydrogens is 142 g/mol. The summed E-state index contributed by atoms with van der Waals surface area (Å²) in [7, 11) is 1.91. The van der Waals surface area contributed by atoms with Crippen molar-refractivity contribution < 1.29 is 0 Å². The number of rotatable bonds is 2. The van der Waals surface area contributed by atoms with Gasteiger partial charge in [-0.05, 0) is 18.2 Å². The second-order valence-electron chi connectivity index (χ2n) is 1.98. The summed E-state index contributed by atoms with van der Waals surface area (Å²) in [6, 6.07) is 10.6. The Morgan fingerprint density at radius 1 is 1.70 bits per heavy atom. The minimum atomic E-state index is 1.07. The van der Waals surface area contributed by atoms with Gasteiger partial charge in [-0.15, -0.1) is 0 Å². The highest BCUT2D eigenvalue weighted by molar-refractivity contribution is 7.79. The molecule has 0 heterocycles. The fraction of sp³-hybridized carbons (Fsp3) is 0.125. The number of nitrogens with zero attached hydrogens (tertiary/aromatic N) is 1. The monoisotopic (exact) mass is 150 g/mol. The first kappa shape index (κ1) is 7.22. The second-order valence-corrected chi connectivity index (χ2v) is 2.19. The number of thiocarbonyl (C=S) groups is 1. The van der Waals surface area contributed by atoms with E-state index in [-0.39, 0.29) is 0 Å². The lowest BCUT2D eigenvalue weighted by Crippen LogP contribution is -2.11. The molecule has 0 unspecified atom stereocenters. The summed E-state index contributed by atoms with van der Waals surface area (Å²) in [6.07, 6.45) is 0. The van der Waals surface area contributed by atoms with Crippen molar-refractivity contribution in [3.63, 3.8) is 0 Å². The summed E-state index contributed by atoms with van der Waals surface area (Å²) in [5, 5.41) is 0. The molecule has 1 nitrogen and oxygen atoms in total. The molecule has 0 saturated heterocycles. The van der Waals surface area contributed by atoms with E-state index in [4.69, 9.17) is 12.2 Å². The molecule has 10 heavy (non-hydrogen) atoms. The Morgan fingerprint density at radius 3 is 3.00 bits per heavy atom. The SMILES string of the molecule is CN(C=S)c1c[c]ccc1. The summed E-state index contributed by atoms with van der Waals surface area (Å²) in [4.78, 5) is 1.87. The van der Waals surface area contributed by atoms with Crippen molar-refractivity contribution in [2.75, 3.05) is 11.9 Å². The quantitative estimate of drug-likeness (QED) is 0.592. The molecule has 0 bridgehead atoms. The number of benzene rings is 1. The van der Waals surface area contributed by atoms with E-state index >= 15 is 0 Å². The first-order valence-electron chi connectivity index (χ1n) is 2.99. The van der Waals surface area contributed by atoms with Crippen molar-refractivity contribution in [3.05, 3.63) is 30.3 Å². The third kappa shape index (κ3) is 1.54. The highest BCUT2D eigenvalue weighted by Gasteiger charge is 1.91. The maximum absolute atomic E-state index is 4.74. The maximum atomic E-state index is 4.74. The molecule has 1 aromatic carbocycles. The van der Waals surface area contributed by atoms with Gasteiger partial charge >= 0.3 is 0 Å². The van der Waals surface area contributed by atoms with Gasteiger partial charge in [-0.3, -0.25) is 0 Å². The van der Waals surface area contributed by atoms with E-state index in [2.05, 4.69) is 6.07 Å². The predicted molar refractivity (Wildman–Crippen MR) is 47.3 cm³/mol. The van der Waals surface area contributed by atoms with E-state index < -0.39 is 0 Å². The first-order valence-corrected chi connectivity index (χ1v) is 3.46. The highest BCUT2D eigenvalue weighted by Crippen LogP contribution is 2.07. The van der Waals surface area contributed by atoms with E-state index in [0.717, 1.165) is 5.69 Å². The summed E-state index contributed by atoms with van der Waals surface area (Å²) < 4.78 is 0. The minimum Gasteiger partial charge on any atom is -0.342 e. The minimum absolute atomic E-state index is 1.07. The zero-order chi connectivity index (χ0) is 7.40. The van der Waals surface area contributed by atoms with Gasteiger partial charge < -0.3 is 4.90 Å². The molecule has 0 aliphatic heterocycles. The van der Waals surface area contributed by atoms with Gasteiger partial charge in [-0.2, -0.15) is 0 Å². The van der Waals surface area contributed by atoms with Crippen molar-refractivity contribution in [2.24, 2.45) is 0 Å². The lowest BCUT2D eigenvalue weighted by molar-refractivity contribution is 1.32. The van der Waals surface area contributed by atoms with Crippen LogP contribution in [0.25, 0.3) is 0 Å². The Hall–Kier alpha value is -0.890. The third-order valence-electron chi connectivity index (χ3n) is 1.26. The zero-order valence-electron chi connectivity index (χ0n) is 5.74. The third-order valence-corrected chi connectivity index (χ3v) is 1.57. The Labute approximate surface area is 66.3 Å². The largest absolute Gasteiger partial charge is 0.342 e. The second kappa shape index (κ2) is 3.32. The summed E-state index contributed by atoms with van der Waals surface area (Å²) in [5.74, 6) is 0. The van der Waals surface area contributed by atoms with E-state index in [1.807, 2.05) is 36.2 Å². The van der Waals surface area contributed by atoms with Crippen LogP contribution >= 0.6 is 12.2 Å². The highest BCUT2D eigenvalue weighted by atomic mass is 32.1. The fourth-order valence-corrected chi connectivity index (χ4v) is 0.786. The Bertz CT molecular complexity index is 208. The van der Waals surface area contributed by atoms with Crippen molar-refractivity contribution in [3.8, 4) is 0 Å². The molecular formula is C8H8NS. The molecule has 51 valence electrons. The molecule has 1 radical (unpaired) electrons. The summed E-state index contributed by atoms with van der Waals surface area (Å²) >= 11 is 4.74. The number of hydrogen-bond acceptors (Lipinski definition) is 1. The molecule has 0 aliphatic rings. The van der Waals surface area contributed by atoms with Gasteiger partial charge in [0.2, 0.25) is 0 Å². The Kier molecular flexibility index (Phi) is 2.40. The smallest absolute Gasteiger partial charge is 0.0682 e. The molecule has 0 N–H and O–H groups in total. The Morgan fingerprint density at radius 2 is 2.50 bits per heavy atom. The molecule has 0 aliphatic carbocycles. The van der Waals surface area contributed by atoms with Crippen LogP contribution in [0.3, 0.4) is 0 Å². The van der Waals surface area contributed by atoms with Crippen LogP contribution in [0.5, 0.6) is 0 Å². The standard InChI is InChI=1S/C8H8NS/c1-9(7-10)8-5-3-2-4-6-8/h2-3,5-7H,1H3. The molecule has 0 aromatic heterocycles. The lowest BCUT2D eigenvalue weighted by atomic mass is 10.3. The van der Waals surface area contributed by atoms with Gasteiger partial charge in [0.05, 0.1) is 5.49 Å². The summed E-state index contributed by atoms with van der Waals surface area (Å²) in [5.41, 5.74) is 2.67. The maximum Gasteiger partial charge on any atom is 0.0682 e. The van der Waals surface area contributed by atoms with Crippen LogP contribution in [0.2, 0.25) is 0 Å². The average Bonchev–Trinajstić information content (AvgIpc) is 2.05. The lowest BCUT2D eigenvalue weighted by Gasteiger charge is -2.10. The molecule has 0 saturated carbocycles. The molecule has 1 aromatic rings. The van der Waals surface area contributed by atoms with Crippen molar-refractivity contribution >= 4 is 23.4 Å². The zero-order valence-corrected chi connectivity index (χ0v) is 6.56. The van der Waals surface area contributed by atoms with Gasteiger partial charge in [0, 0.05) is 12.7 Å². The van der Waals surface area contributed by atoms with Crippen molar-refractivity contribution in [2.45, 2.75) is 0 Å². The molecule has 0 spiro atoms. The van der Waals surface area contributed by atoms with Crippen LogP contribution in [0, 0.1) is 6.07 Å². The van der Waals surface area contributed by atoms with Crippen LogP contribution in [0.15, 0.2) is 24.3 Å². The molecule has 1 rings (SSSR count). The normalized spacial score (nSPS) is 8.90.